The second kappa shape index (κ2) is 4.17. The summed E-state index contributed by atoms with van der Waals surface area (Å²) < 4.78 is 0. The van der Waals surface area contributed by atoms with Gasteiger partial charge in [0, 0.05) is 0 Å². The zero-order chi connectivity index (χ0) is 10.6. The Morgan fingerprint density at radius 2 is 2.08 bits per heavy atom. The number of aliphatic carboxylic acids is 1. The Kier molecular flexibility index (Phi) is 3.79. The van der Waals surface area contributed by atoms with E-state index in [1.54, 1.807) is 5.32 Å². The molecule has 0 saturated heterocycles. The molecule has 7 nitrogen and oxygen atoms in total. The molecule has 2 atom stereocenters. The lowest BCUT2D eigenvalue weighted by molar-refractivity contribution is -0.165. The Bertz CT molecular complexity index is 217. The maximum atomic E-state index is 10.8. The quantitative estimate of drug-likeness (QED) is 0.306. The van der Waals surface area contributed by atoms with Gasteiger partial charge in [-0.1, -0.05) is 0 Å². The van der Waals surface area contributed by atoms with E-state index in [0.29, 0.717) is 0 Å². The van der Waals surface area contributed by atoms with E-state index in [4.69, 9.17) is 21.1 Å². The third-order valence-electron chi connectivity index (χ3n) is 1.36. The number of hydrogen-bond donors (Lipinski definition) is 5. The molecule has 6 N–H and O–H groups in total. The molecule has 0 spiro atoms. The van der Waals surface area contributed by atoms with Gasteiger partial charge in [-0.2, -0.15) is 0 Å². The second-order valence-corrected chi connectivity index (χ2v) is 2.53. The minimum Gasteiger partial charge on any atom is -0.478 e. The van der Waals surface area contributed by atoms with E-state index in [2.05, 4.69) is 0 Å². The zero-order valence-electron chi connectivity index (χ0n) is 7.02. The highest BCUT2D eigenvalue weighted by Gasteiger charge is 2.36. The molecule has 0 bridgehead atoms. The fourth-order valence-corrected chi connectivity index (χ4v) is 0.500. The number of nitrogens with one attached hydrogen (secondary N) is 1. The lowest BCUT2D eigenvalue weighted by Gasteiger charge is -2.23. The SMILES string of the molecule is CC(O)C(=O)NC(O)(CN)C(=O)O. The van der Waals surface area contributed by atoms with Crippen molar-refractivity contribution in [1.82, 2.24) is 5.32 Å². The molecule has 0 aliphatic heterocycles. The average Bonchev–Trinajstić information content (AvgIpc) is 2.03. The molecule has 0 aromatic heterocycles. The lowest BCUT2D eigenvalue weighted by Crippen LogP contribution is -2.60. The molecule has 0 saturated carbocycles. The second-order valence-electron chi connectivity index (χ2n) is 2.53. The summed E-state index contributed by atoms with van der Waals surface area (Å²) >= 11 is 0. The van der Waals surface area contributed by atoms with E-state index >= 15 is 0 Å². The highest BCUT2D eigenvalue weighted by molar-refractivity contribution is 5.87. The molecular weight excluding hydrogens is 180 g/mol. The van der Waals surface area contributed by atoms with Crippen molar-refractivity contribution >= 4 is 11.9 Å². The summed E-state index contributed by atoms with van der Waals surface area (Å²) in [6.45, 7) is 0.453. The first-order valence-corrected chi connectivity index (χ1v) is 3.49. The standard InChI is InChI=1S/C6H12N2O5/c1-3(9)4(10)8-6(13,2-7)5(11)12/h3,9,13H,2,7H2,1H3,(H,8,10)(H,11,12). The van der Waals surface area contributed by atoms with Gasteiger partial charge in [-0.05, 0) is 6.92 Å². The molecule has 0 aromatic carbocycles. The molecule has 0 fully saturated rings. The van der Waals surface area contributed by atoms with Crippen LogP contribution in [0, 0.1) is 0 Å². The number of nitrogens with two attached hydrogens (primary N) is 1. The van der Waals surface area contributed by atoms with Gasteiger partial charge in [-0.25, -0.2) is 4.79 Å². The summed E-state index contributed by atoms with van der Waals surface area (Å²) in [5.41, 5.74) is 2.41. The van der Waals surface area contributed by atoms with Gasteiger partial charge in [0.25, 0.3) is 11.6 Å². The fourth-order valence-electron chi connectivity index (χ4n) is 0.500. The van der Waals surface area contributed by atoms with Crippen molar-refractivity contribution in [3.63, 3.8) is 0 Å². The van der Waals surface area contributed by atoms with Gasteiger partial charge >= 0.3 is 5.97 Å². The van der Waals surface area contributed by atoms with E-state index in [0.717, 1.165) is 6.92 Å². The highest BCUT2D eigenvalue weighted by Crippen LogP contribution is 1.98. The molecule has 1 amide bonds. The van der Waals surface area contributed by atoms with Crippen LogP contribution in [-0.2, 0) is 9.59 Å². The molecule has 0 heterocycles. The summed E-state index contributed by atoms with van der Waals surface area (Å²) in [6.07, 6.45) is -1.41. The minimum atomic E-state index is -2.52. The number of hydrogen-bond acceptors (Lipinski definition) is 5. The van der Waals surface area contributed by atoms with E-state index in [1.165, 1.54) is 0 Å². The van der Waals surface area contributed by atoms with Crippen LogP contribution < -0.4 is 11.1 Å². The van der Waals surface area contributed by atoms with Gasteiger partial charge in [0.1, 0.15) is 6.10 Å². The third-order valence-corrected chi connectivity index (χ3v) is 1.36. The smallest absolute Gasteiger partial charge is 0.358 e. The van der Waals surface area contributed by atoms with Crippen LogP contribution in [0.1, 0.15) is 6.92 Å². The van der Waals surface area contributed by atoms with Crippen molar-refractivity contribution in [3.05, 3.63) is 0 Å². The number of carboxylic acids is 1. The summed E-state index contributed by atoms with van der Waals surface area (Å²) in [6, 6.07) is 0. The van der Waals surface area contributed by atoms with Crippen molar-refractivity contribution in [2.45, 2.75) is 18.8 Å². The Hall–Kier alpha value is -1.18. The molecule has 0 rings (SSSR count). The average molecular weight is 192 g/mol. The molecule has 13 heavy (non-hydrogen) atoms. The van der Waals surface area contributed by atoms with Crippen LogP contribution in [0.3, 0.4) is 0 Å². The van der Waals surface area contributed by atoms with Gasteiger partial charge in [-0.15, -0.1) is 0 Å². The normalized spacial score (nSPS) is 17.2. The number of aliphatic hydroxyl groups excluding tert-OH is 1. The van der Waals surface area contributed by atoms with Crippen LogP contribution >= 0.6 is 0 Å². The molecule has 7 heteroatoms. The maximum absolute atomic E-state index is 10.8. The summed E-state index contributed by atoms with van der Waals surface area (Å²) in [4.78, 5) is 21.2. The monoisotopic (exact) mass is 192 g/mol. The summed E-state index contributed by atoms with van der Waals surface area (Å²) in [5.74, 6) is -2.68. The fraction of sp³-hybridized carbons (Fsp3) is 0.667. The molecule has 0 radical (unpaired) electrons. The van der Waals surface area contributed by atoms with Gasteiger partial charge in [0.05, 0.1) is 6.54 Å². The van der Waals surface area contributed by atoms with Crippen LogP contribution in [0.2, 0.25) is 0 Å². The number of amides is 1. The Balaban J connectivity index is 4.45. The maximum Gasteiger partial charge on any atom is 0.358 e. The number of carbonyl (C=O) groups is 2. The first-order chi connectivity index (χ1) is 5.83. The van der Waals surface area contributed by atoms with Crippen molar-refractivity contribution in [1.29, 1.82) is 0 Å². The van der Waals surface area contributed by atoms with Crippen molar-refractivity contribution < 1.29 is 24.9 Å². The van der Waals surface area contributed by atoms with Crippen molar-refractivity contribution in [2.24, 2.45) is 5.73 Å². The molecule has 0 aliphatic rings. The van der Waals surface area contributed by atoms with Gasteiger partial charge in [-0.3, -0.25) is 4.79 Å². The largest absolute Gasteiger partial charge is 0.478 e. The highest BCUT2D eigenvalue weighted by atomic mass is 16.4. The number of rotatable bonds is 4. The molecule has 0 aliphatic carbocycles. The van der Waals surface area contributed by atoms with E-state index in [-0.39, 0.29) is 0 Å². The van der Waals surface area contributed by atoms with Crippen LogP contribution in [0.5, 0.6) is 0 Å². The van der Waals surface area contributed by atoms with E-state index in [1.807, 2.05) is 0 Å². The molecule has 2 unspecified atom stereocenters. The molecule has 0 aromatic rings. The lowest BCUT2D eigenvalue weighted by atomic mass is 10.2. The van der Waals surface area contributed by atoms with Crippen LogP contribution in [0.25, 0.3) is 0 Å². The number of carbonyl (C=O) groups excluding carboxylic acids is 1. The van der Waals surface area contributed by atoms with Gasteiger partial charge in [0.15, 0.2) is 0 Å². The summed E-state index contributed by atoms with van der Waals surface area (Å²) in [5, 5.41) is 28.0. The van der Waals surface area contributed by atoms with Crippen LogP contribution in [0.15, 0.2) is 0 Å². The predicted molar refractivity (Wildman–Crippen MR) is 41.5 cm³/mol. The molecular formula is C6H12N2O5. The van der Waals surface area contributed by atoms with Crippen LogP contribution in [0.4, 0.5) is 0 Å². The Morgan fingerprint density at radius 1 is 1.62 bits per heavy atom. The predicted octanol–water partition coefficient (Wildman–Crippen LogP) is -2.78. The number of aliphatic hydroxyl groups is 2. The van der Waals surface area contributed by atoms with Gasteiger partial charge in [0.2, 0.25) is 0 Å². The van der Waals surface area contributed by atoms with E-state index < -0.39 is 30.3 Å². The van der Waals surface area contributed by atoms with Crippen LogP contribution in [-0.4, -0.2) is 45.6 Å². The third kappa shape index (κ3) is 2.98. The number of carboxylic acid groups (broad SMARTS) is 1. The Labute approximate surface area is 74.2 Å². The van der Waals surface area contributed by atoms with Gasteiger partial charge < -0.3 is 26.4 Å². The zero-order valence-corrected chi connectivity index (χ0v) is 7.02. The first kappa shape index (κ1) is 11.8. The van der Waals surface area contributed by atoms with Crippen molar-refractivity contribution in [2.75, 3.05) is 6.54 Å². The Morgan fingerprint density at radius 3 is 2.31 bits per heavy atom. The molecule has 76 valence electrons. The first-order valence-electron chi connectivity index (χ1n) is 3.49. The van der Waals surface area contributed by atoms with Crippen molar-refractivity contribution in [3.8, 4) is 0 Å². The summed E-state index contributed by atoms with van der Waals surface area (Å²) in [7, 11) is 0. The minimum absolute atomic E-state index is 0.680. The topological polar surface area (TPSA) is 133 Å². The van der Waals surface area contributed by atoms with E-state index in [9.17, 15) is 9.59 Å².